The van der Waals surface area contributed by atoms with E-state index < -0.39 is 5.82 Å². The Hall–Kier alpha value is -2.25. The lowest BCUT2D eigenvalue weighted by Gasteiger charge is -2.38. The van der Waals surface area contributed by atoms with E-state index >= 15 is 0 Å². The van der Waals surface area contributed by atoms with Crippen molar-refractivity contribution in [3.63, 3.8) is 0 Å². The molecule has 3 heterocycles. The molecule has 0 radical (unpaired) electrons. The summed E-state index contributed by atoms with van der Waals surface area (Å²) < 4.78 is 22.5. The molecular formula is C20H23ClFN5O. The van der Waals surface area contributed by atoms with E-state index in [-0.39, 0.29) is 17.0 Å². The smallest absolute Gasteiger partial charge is 0.162 e. The highest BCUT2D eigenvalue weighted by molar-refractivity contribution is 6.31. The van der Waals surface area contributed by atoms with Crippen molar-refractivity contribution in [3.8, 4) is 5.75 Å². The van der Waals surface area contributed by atoms with E-state index in [2.05, 4.69) is 20.0 Å². The van der Waals surface area contributed by atoms with Gasteiger partial charge in [-0.25, -0.2) is 19.0 Å². The van der Waals surface area contributed by atoms with Gasteiger partial charge in [-0.05, 0) is 33.9 Å². The number of aromatic nitrogens is 4. The molecule has 4 rings (SSSR count). The maximum absolute atomic E-state index is 14.9. The molecule has 6 nitrogen and oxygen atoms in total. The van der Waals surface area contributed by atoms with Gasteiger partial charge >= 0.3 is 0 Å². The molecule has 0 bridgehead atoms. The Morgan fingerprint density at radius 1 is 1.25 bits per heavy atom. The number of likely N-dealkylation sites (N-methyl/N-ethyl adjacent to an activating group) is 1. The van der Waals surface area contributed by atoms with E-state index in [1.165, 1.54) is 6.33 Å². The fraction of sp³-hybridized carbons (Fsp3) is 0.450. The SMILES string of the molecule is COc1c(C(C)n2nc(C)c3c(C)ncnc32)cc(Cl)c(F)c1C1CN(C)C1. The van der Waals surface area contributed by atoms with Crippen LogP contribution in [0.4, 0.5) is 4.39 Å². The first-order chi connectivity index (χ1) is 13.3. The number of halogens is 2. The van der Waals surface area contributed by atoms with Crippen molar-refractivity contribution in [2.75, 3.05) is 27.2 Å². The summed E-state index contributed by atoms with van der Waals surface area (Å²) in [4.78, 5) is 10.8. The van der Waals surface area contributed by atoms with Crippen molar-refractivity contribution >= 4 is 22.6 Å². The Kier molecular flexibility index (Phi) is 4.75. The first-order valence-corrected chi connectivity index (χ1v) is 9.62. The molecule has 28 heavy (non-hydrogen) atoms. The van der Waals surface area contributed by atoms with Gasteiger partial charge in [-0.2, -0.15) is 5.10 Å². The van der Waals surface area contributed by atoms with E-state index in [0.29, 0.717) is 11.3 Å². The van der Waals surface area contributed by atoms with Crippen LogP contribution in [0, 0.1) is 19.7 Å². The maximum Gasteiger partial charge on any atom is 0.162 e. The largest absolute Gasteiger partial charge is 0.496 e. The molecule has 0 aliphatic carbocycles. The molecular weight excluding hydrogens is 381 g/mol. The van der Waals surface area contributed by atoms with E-state index in [0.717, 1.165) is 41.1 Å². The molecule has 1 saturated heterocycles. The summed E-state index contributed by atoms with van der Waals surface area (Å²) in [7, 11) is 3.58. The van der Waals surface area contributed by atoms with Gasteiger partial charge in [0.05, 0.1) is 34.9 Å². The van der Waals surface area contributed by atoms with Gasteiger partial charge in [-0.1, -0.05) is 11.6 Å². The molecule has 0 spiro atoms. The molecule has 1 fully saturated rings. The van der Waals surface area contributed by atoms with Crippen molar-refractivity contribution < 1.29 is 9.13 Å². The number of methoxy groups -OCH3 is 1. The zero-order valence-electron chi connectivity index (χ0n) is 16.6. The Morgan fingerprint density at radius 2 is 1.96 bits per heavy atom. The minimum Gasteiger partial charge on any atom is -0.496 e. The summed E-state index contributed by atoms with van der Waals surface area (Å²) in [5.74, 6) is 0.206. The second-order valence-electron chi connectivity index (χ2n) is 7.49. The summed E-state index contributed by atoms with van der Waals surface area (Å²) >= 11 is 6.29. The Bertz CT molecular complexity index is 1060. The standard InChI is InChI=1S/C20H23ClFN5O/c1-10-16-11(2)25-27(20(16)24-9-23-10)12(3)14-6-15(21)18(22)17(19(14)28-5)13-7-26(4)8-13/h6,9,12-13H,7-8H2,1-5H3. The monoisotopic (exact) mass is 403 g/mol. The van der Waals surface area contributed by atoms with Gasteiger partial charge in [0.15, 0.2) is 5.65 Å². The third kappa shape index (κ3) is 2.84. The van der Waals surface area contributed by atoms with Gasteiger partial charge in [0, 0.05) is 30.1 Å². The summed E-state index contributed by atoms with van der Waals surface area (Å²) in [5.41, 5.74) is 3.81. The molecule has 1 unspecified atom stereocenters. The number of likely N-dealkylation sites (tertiary alicyclic amines) is 1. The van der Waals surface area contributed by atoms with Crippen LogP contribution in [-0.4, -0.2) is 51.9 Å². The maximum atomic E-state index is 14.9. The number of hydrogen-bond donors (Lipinski definition) is 0. The quantitative estimate of drug-likeness (QED) is 0.661. The number of fused-ring (bicyclic) bond motifs is 1. The number of hydrogen-bond acceptors (Lipinski definition) is 5. The summed E-state index contributed by atoms with van der Waals surface area (Å²) in [6.45, 7) is 7.42. The summed E-state index contributed by atoms with van der Waals surface area (Å²) in [6.07, 6.45) is 1.53. The molecule has 0 saturated carbocycles. The van der Waals surface area contributed by atoms with Crippen LogP contribution in [-0.2, 0) is 0 Å². The third-order valence-electron chi connectivity index (χ3n) is 5.58. The Labute approximate surface area is 168 Å². The Morgan fingerprint density at radius 3 is 2.61 bits per heavy atom. The minimum atomic E-state index is -0.396. The van der Waals surface area contributed by atoms with Crippen LogP contribution >= 0.6 is 11.6 Å². The summed E-state index contributed by atoms with van der Waals surface area (Å²) in [5, 5.41) is 5.72. The van der Waals surface area contributed by atoms with Crippen LogP contribution < -0.4 is 4.74 Å². The number of ether oxygens (including phenoxy) is 1. The number of aryl methyl sites for hydroxylation is 2. The van der Waals surface area contributed by atoms with Crippen molar-refractivity contribution in [1.82, 2.24) is 24.6 Å². The average molecular weight is 404 g/mol. The van der Waals surface area contributed by atoms with Crippen LogP contribution in [0.2, 0.25) is 5.02 Å². The van der Waals surface area contributed by atoms with Crippen molar-refractivity contribution in [3.05, 3.63) is 45.7 Å². The fourth-order valence-corrected chi connectivity index (χ4v) is 4.37. The fourth-order valence-electron chi connectivity index (χ4n) is 4.15. The van der Waals surface area contributed by atoms with Crippen molar-refractivity contribution in [2.45, 2.75) is 32.7 Å². The van der Waals surface area contributed by atoms with Crippen LogP contribution in [0.3, 0.4) is 0 Å². The van der Waals surface area contributed by atoms with E-state index in [1.54, 1.807) is 13.2 Å². The van der Waals surface area contributed by atoms with Crippen molar-refractivity contribution in [2.24, 2.45) is 0 Å². The average Bonchev–Trinajstić information content (AvgIpc) is 2.98. The highest BCUT2D eigenvalue weighted by atomic mass is 35.5. The normalized spacial score (nSPS) is 16.4. The van der Waals surface area contributed by atoms with Crippen LogP contribution in [0.15, 0.2) is 12.4 Å². The third-order valence-corrected chi connectivity index (χ3v) is 5.86. The highest BCUT2D eigenvalue weighted by Gasteiger charge is 2.34. The Balaban J connectivity index is 1.89. The van der Waals surface area contributed by atoms with Gasteiger partial charge in [0.1, 0.15) is 17.9 Å². The number of nitrogens with zero attached hydrogens (tertiary/aromatic N) is 5. The zero-order chi connectivity index (χ0) is 20.2. The first kappa shape index (κ1) is 19.1. The van der Waals surface area contributed by atoms with E-state index in [9.17, 15) is 4.39 Å². The summed E-state index contributed by atoms with van der Waals surface area (Å²) in [6, 6.07) is 1.40. The van der Waals surface area contributed by atoms with Gasteiger partial charge in [0.25, 0.3) is 0 Å². The molecule has 148 valence electrons. The molecule has 0 N–H and O–H groups in total. The second-order valence-corrected chi connectivity index (χ2v) is 7.90. The lowest BCUT2D eigenvalue weighted by molar-refractivity contribution is 0.183. The van der Waals surface area contributed by atoms with Gasteiger partial charge in [0.2, 0.25) is 0 Å². The minimum absolute atomic E-state index is 0.0604. The zero-order valence-corrected chi connectivity index (χ0v) is 17.4. The van der Waals surface area contributed by atoms with Crippen LogP contribution in [0.25, 0.3) is 11.0 Å². The van der Waals surface area contributed by atoms with Crippen LogP contribution in [0.1, 0.15) is 41.4 Å². The number of benzene rings is 1. The predicted molar refractivity (Wildman–Crippen MR) is 107 cm³/mol. The van der Waals surface area contributed by atoms with Crippen molar-refractivity contribution in [1.29, 1.82) is 0 Å². The molecule has 1 aliphatic rings. The lowest BCUT2D eigenvalue weighted by atomic mass is 9.88. The molecule has 3 aromatic rings. The molecule has 1 atom stereocenters. The number of rotatable bonds is 4. The molecule has 1 aliphatic heterocycles. The first-order valence-electron chi connectivity index (χ1n) is 9.24. The molecule has 8 heteroatoms. The molecule has 0 amide bonds. The predicted octanol–water partition coefficient (Wildman–Crippen LogP) is 3.88. The van der Waals surface area contributed by atoms with Gasteiger partial charge in [-0.15, -0.1) is 0 Å². The molecule has 1 aromatic carbocycles. The van der Waals surface area contributed by atoms with Crippen LogP contribution in [0.5, 0.6) is 5.75 Å². The lowest BCUT2D eigenvalue weighted by Crippen LogP contribution is -2.42. The van der Waals surface area contributed by atoms with Gasteiger partial charge in [-0.3, -0.25) is 0 Å². The van der Waals surface area contributed by atoms with E-state index in [4.69, 9.17) is 16.3 Å². The second kappa shape index (κ2) is 6.97. The van der Waals surface area contributed by atoms with E-state index in [1.807, 2.05) is 32.5 Å². The highest BCUT2D eigenvalue weighted by Crippen LogP contribution is 2.43. The van der Waals surface area contributed by atoms with Gasteiger partial charge < -0.3 is 9.64 Å². The topological polar surface area (TPSA) is 56.1 Å². The molecule has 2 aromatic heterocycles.